The average Bonchev–Trinajstić information content (AvgIpc) is 2.48. The molecule has 0 atom stereocenters. The van der Waals surface area contributed by atoms with Crippen LogP contribution in [0.25, 0.3) is 0 Å². The van der Waals surface area contributed by atoms with Crippen molar-refractivity contribution < 1.29 is 27.5 Å². The highest BCUT2D eigenvalue weighted by atomic mass is 19.4. The fourth-order valence-electron chi connectivity index (χ4n) is 2.15. The number of benzene rings is 1. The lowest BCUT2D eigenvalue weighted by molar-refractivity contribution is -0.274. The molecule has 1 N–H and O–H groups in total. The minimum Gasteiger partial charge on any atom is -0.406 e. The third-order valence-corrected chi connectivity index (χ3v) is 3.31. The largest absolute Gasteiger partial charge is 0.573 e. The number of nitrogens with zero attached hydrogens (tertiary/aromatic N) is 2. The molecule has 0 aromatic heterocycles. The minimum absolute atomic E-state index is 0.0200. The van der Waals surface area contributed by atoms with Crippen LogP contribution in [-0.4, -0.2) is 61.2 Å². The van der Waals surface area contributed by atoms with Crippen LogP contribution in [0, 0.1) is 0 Å². The summed E-state index contributed by atoms with van der Waals surface area (Å²) in [6.07, 6.45) is -4.76. The van der Waals surface area contributed by atoms with Gasteiger partial charge in [-0.15, -0.1) is 13.2 Å². The molecule has 0 bridgehead atoms. The Morgan fingerprint density at radius 2 is 1.64 bits per heavy atom. The predicted molar refractivity (Wildman–Crippen MR) is 87.2 cm³/mol. The molecule has 0 saturated carbocycles. The average molecular weight is 361 g/mol. The van der Waals surface area contributed by atoms with Gasteiger partial charge in [-0.3, -0.25) is 14.5 Å². The molecule has 1 rings (SSSR count). The fraction of sp³-hybridized carbons (Fsp3) is 0.500. The molecule has 140 valence electrons. The number of amides is 2. The normalized spacial score (nSPS) is 11.3. The molecule has 25 heavy (non-hydrogen) atoms. The molecule has 0 radical (unpaired) electrons. The summed E-state index contributed by atoms with van der Waals surface area (Å²) >= 11 is 0. The van der Waals surface area contributed by atoms with Crippen molar-refractivity contribution in [1.29, 1.82) is 0 Å². The molecule has 6 nitrogen and oxygen atoms in total. The first-order valence-electron chi connectivity index (χ1n) is 7.76. The second-order valence-corrected chi connectivity index (χ2v) is 5.36. The number of nitrogens with one attached hydrogen (secondary N) is 1. The van der Waals surface area contributed by atoms with Gasteiger partial charge in [0.1, 0.15) is 5.75 Å². The molecule has 0 spiro atoms. The van der Waals surface area contributed by atoms with Gasteiger partial charge in [-0.1, -0.05) is 0 Å². The van der Waals surface area contributed by atoms with Crippen LogP contribution in [-0.2, 0) is 9.59 Å². The Balaban J connectivity index is 2.49. The van der Waals surface area contributed by atoms with Crippen molar-refractivity contribution in [1.82, 2.24) is 9.80 Å². The number of carbonyl (C=O) groups excluding carboxylic acids is 2. The molecule has 1 aromatic carbocycles. The zero-order chi connectivity index (χ0) is 19.0. The van der Waals surface area contributed by atoms with E-state index in [0.717, 1.165) is 12.1 Å². The Morgan fingerprint density at radius 3 is 2.12 bits per heavy atom. The Kier molecular flexibility index (Phi) is 7.69. The number of halogens is 3. The number of alkyl halides is 3. The highest BCUT2D eigenvalue weighted by Gasteiger charge is 2.30. The zero-order valence-corrected chi connectivity index (χ0v) is 14.4. The van der Waals surface area contributed by atoms with Crippen LogP contribution in [0.2, 0.25) is 0 Å². The summed E-state index contributed by atoms with van der Waals surface area (Å²) < 4.78 is 40.0. The van der Waals surface area contributed by atoms with E-state index in [2.05, 4.69) is 10.1 Å². The lowest BCUT2D eigenvalue weighted by atomic mass is 10.3. The molecule has 0 heterocycles. The van der Waals surface area contributed by atoms with E-state index in [-0.39, 0.29) is 30.7 Å². The van der Waals surface area contributed by atoms with Crippen LogP contribution in [0.4, 0.5) is 18.9 Å². The molecular formula is C16H22F3N3O3. The summed E-state index contributed by atoms with van der Waals surface area (Å²) in [4.78, 5) is 27.1. The van der Waals surface area contributed by atoms with Gasteiger partial charge in [0.05, 0.1) is 13.1 Å². The first-order chi connectivity index (χ1) is 11.6. The maximum atomic E-state index is 12.1. The van der Waals surface area contributed by atoms with Crippen LogP contribution >= 0.6 is 0 Å². The van der Waals surface area contributed by atoms with Gasteiger partial charge in [0.15, 0.2) is 0 Å². The van der Waals surface area contributed by atoms with Crippen molar-refractivity contribution in [2.24, 2.45) is 0 Å². The Hall–Kier alpha value is -2.29. The van der Waals surface area contributed by atoms with Crippen molar-refractivity contribution >= 4 is 17.5 Å². The van der Waals surface area contributed by atoms with Gasteiger partial charge in [-0.2, -0.15) is 0 Å². The second-order valence-electron chi connectivity index (χ2n) is 5.36. The predicted octanol–water partition coefficient (Wildman–Crippen LogP) is 2.32. The van der Waals surface area contributed by atoms with Gasteiger partial charge in [0.25, 0.3) is 0 Å². The molecule has 0 aliphatic rings. The van der Waals surface area contributed by atoms with E-state index in [9.17, 15) is 22.8 Å². The lowest BCUT2D eigenvalue weighted by Gasteiger charge is -2.22. The standard InChI is InChI=1S/C16H22F3N3O3/c1-4-22(5-2)15(24)11-21(3)10-14(23)20-12-6-8-13(9-7-12)25-16(17,18)19/h6-9H,4-5,10-11H2,1-3H3,(H,20,23). The van der Waals surface area contributed by atoms with Gasteiger partial charge in [-0.25, -0.2) is 0 Å². The van der Waals surface area contributed by atoms with Gasteiger partial charge in [0.2, 0.25) is 11.8 Å². The zero-order valence-electron chi connectivity index (χ0n) is 14.4. The molecular weight excluding hydrogens is 339 g/mol. The van der Waals surface area contributed by atoms with Crippen LogP contribution in [0.3, 0.4) is 0 Å². The summed E-state index contributed by atoms with van der Waals surface area (Å²) in [6, 6.07) is 4.83. The number of carbonyl (C=O) groups is 2. The summed E-state index contributed by atoms with van der Waals surface area (Å²) in [5, 5.41) is 2.55. The Morgan fingerprint density at radius 1 is 1.08 bits per heavy atom. The molecule has 0 fully saturated rings. The molecule has 0 aliphatic heterocycles. The Bertz CT molecular complexity index is 572. The highest BCUT2D eigenvalue weighted by molar-refractivity contribution is 5.92. The van der Waals surface area contributed by atoms with Crippen molar-refractivity contribution in [3.8, 4) is 5.75 Å². The molecule has 9 heteroatoms. The van der Waals surface area contributed by atoms with Gasteiger partial charge in [-0.05, 0) is 45.2 Å². The van der Waals surface area contributed by atoms with E-state index in [1.54, 1.807) is 16.8 Å². The van der Waals surface area contributed by atoms with E-state index >= 15 is 0 Å². The molecule has 1 aromatic rings. The summed E-state index contributed by atoms with van der Waals surface area (Å²) in [5.41, 5.74) is 0.336. The van der Waals surface area contributed by atoms with E-state index in [1.807, 2.05) is 13.8 Å². The van der Waals surface area contributed by atoms with Gasteiger partial charge >= 0.3 is 6.36 Å². The van der Waals surface area contributed by atoms with Crippen LogP contribution in [0.5, 0.6) is 5.75 Å². The SMILES string of the molecule is CCN(CC)C(=O)CN(C)CC(=O)Nc1ccc(OC(F)(F)F)cc1. The number of rotatable bonds is 8. The topological polar surface area (TPSA) is 61.9 Å². The number of hydrogen-bond donors (Lipinski definition) is 1. The molecule has 0 unspecified atom stereocenters. The van der Waals surface area contributed by atoms with Crippen molar-refractivity contribution in [2.45, 2.75) is 20.2 Å². The number of hydrogen-bond acceptors (Lipinski definition) is 4. The fourth-order valence-corrected chi connectivity index (χ4v) is 2.15. The number of ether oxygens (including phenoxy) is 1. The van der Waals surface area contributed by atoms with Crippen molar-refractivity contribution in [3.05, 3.63) is 24.3 Å². The quantitative estimate of drug-likeness (QED) is 0.772. The summed E-state index contributed by atoms with van der Waals surface area (Å²) in [7, 11) is 1.64. The van der Waals surface area contributed by atoms with Gasteiger partial charge in [0, 0.05) is 18.8 Å². The maximum absolute atomic E-state index is 12.1. The van der Waals surface area contributed by atoms with E-state index < -0.39 is 6.36 Å². The second kappa shape index (κ2) is 9.26. The minimum atomic E-state index is -4.76. The van der Waals surface area contributed by atoms with Crippen LogP contribution in [0.1, 0.15) is 13.8 Å². The Labute approximate surface area is 144 Å². The van der Waals surface area contributed by atoms with Crippen LogP contribution in [0.15, 0.2) is 24.3 Å². The first kappa shape index (κ1) is 20.8. The molecule has 2 amide bonds. The molecule has 0 aliphatic carbocycles. The maximum Gasteiger partial charge on any atom is 0.573 e. The monoisotopic (exact) mass is 361 g/mol. The van der Waals surface area contributed by atoms with Crippen molar-refractivity contribution in [2.75, 3.05) is 38.5 Å². The molecule has 0 saturated heterocycles. The smallest absolute Gasteiger partial charge is 0.406 e. The van der Waals surface area contributed by atoms with Crippen molar-refractivity contribution in [3.63, 3.8) is 0 Å². The van der Waals surface area contributed by atoms with E-state index in [4.69, 9.17) is 0 Å². The van der Waals surface area contributed by atoms with E-state index in [1.165, 1.54) is 12.1 Å². The highest BCUT2D eigenvalue weighted by Crippen LogP contribution is 2.23. The lowest BCUT2D eigenvalue weighted by Crippen LogP contribution is -2.41. The van der Waals surface area contributed by atoms with Crippen LogP contribution < -0.4 is 10.1 Å². The third kappa shape index (κ3) is 7.88. The first-order valence-corrected chi connectivity index (χ1v) is 7.76. The van der Waals surface area contributed by atoms with E-state index in [0.29, 0.717) is 18.8 Å². The summed E-state index contributed by atoms with van der Waals surface area (Å²) in [6.45, 7) is 5.03. The number of anilines is 1. The number of likely N-dealkylation sites (N-methyl/N-ethyl adjacent to an activating group) is 2. The van der Waals surface area contributed by atoms with Gasteiger partial charge < -0.3 is 15.0 Å². The third-order valence-electron chi connectivity index (χ3n) is 3.31. The summed E-state index contributed by atoms with van der Waals surface area (Å²) in [5.74, 6) is -0.819.